The molecule has 1 N–H and O–H groups in total. The van der Waals surface area contributed by atoms with Crippen LogP contribution in [0.3, 0.4) is 0 Å². The number of Topliss-reactive ketones (excluding diaryl/α,β-unsaturated/α-hetero) is 1. The number of rotatable bonds is 5. The van der Waals surface area contributed by atoms with Crippen molar-refractivity contribution in [3.05, 3.63) is 60.3 Å². The number of thiocarbonyl (C=S) groups is 1. The van der Waals surface area contributed by atoms with Crippen LogP contribution in [0, 0.1) is 0 Å². The molecular formula is C19H16N2O4S. The average Bonchev–Trinajstić information content (AvgIpc) is 2.66. The van der Waals surface area contributed by atoms with Gasteiger partial charge >= 0.3 is 0 Å². The highest BCUT2D eigenvalue weighted by Crippen LogP contribution is 2.29. The van der Waals surface area contributed by atoms with E-state index in [9.17, 15) is 9.59 Å². The number of hydrogen-bond acceptors (Lipinski definition) is 6. The molecule has 7 heteroatoms. The second kappa shape index (κ2) is 7.88. The van der Waals surface area contributed by atoms with Crippen LogP contribution in [0.1, 0.15) is 16.8 Å². The first-order valence-corrected chi connectivity index (χ1v) is 8.31. The van der Waals surface area contributed by atoms with Crippen LogP contribution in [0.15, 0.2) is 54.7 Å². The minimum Gasteiger partial charge on any atom is -0.493 e. The van der Waals surface area contributed by atoms with E-state index in [0.717, 1.165) is 0 Å². The molecule has 2 aromatic rings. The number of methoxy groups -OCH3 is 1. The van der Waals surface area contributed by atoms with Crippen LogP contribution in [0.5, 0.6) is 17.4 Å². The number of hydrogen-bond donors (Lipinski definition) is 1. The standard InChI is InChI=1S/C19H16N2O4S/c1-24-14-6-2-3-7-15(14)25-17-10-9-12(11-20-17)19(23)21-13-5-4-8-16(26)18(13)22/h2-7,9-11,13H,8H2,1H3,(H,21,23). The van der Waals surface area contributed by atoms with Gasteiger partial charge in [0.05, 0.1) is 17.5 Å². The second-order valence-corrected chi connectivity index (χ2v) is 6.00. The number of nitrogens with zero attached hydrogens (tertiary/aromatic N) is 1. The number of benzene rings is 1. The molecule has 1 atom stereocenters. The van der Waals surface area contributed by atoms with E-state index in [4.69, 9.17) is 21.7 Å². The lowest BCUT2D eigenvalue weighted by atomic mass is 10.0. The minimum atomic E-state index is -0.728. The molecule has 6 nitrogen and oxygen atoms in total. The molecule has 26 heavy (non-hydrogen) atoms. The zero-order chi connectivity index (χ0) is 18.5. The van der Waals surface area contributed by atoms with Crippen LogP contribution >= 0.6 is 12.2 Å². The topological polar surface area (TPSA) is 77.5 Å². The highest BCUT2D eigenvalue weighted by atomic mass is 32.1. The van der Waals surface area contributed by atoms with E-state index in [0.29, 0.717) is 34.2 Å². The van der Waals surface area contributed by atoms with Gasteiger partial charge in [0, 0.05) is 18.7 Å². The SMILES string of the molecule is COc1ccccc1Oc1ccc(C(=O)NC2C=CCC(=S)C2=O)cn1. The van der Waals surface area contributed by atoms with Crippen molar-refractivity contribution in [2.75, 3.05) is 7.11 Å². The number of carbonyl (C=O) groups excluding carboxylic acids is 2. The van der Waals surface area contributed by atoms with E-state index in [-0.39, 0.29) is 5.78 Å². The predicted molar refractivity (Wildman–Crippen MR) is 99.9 cm³/mol. The second-order valence-electron chi connectivity index (χ2n) is 5.51. The average molecular weight is 368 g/mol. The quantitative estimate of drug-likeness (QED) is 0.646. The van der Waals surface area contributed by atoms with Crippen LogP contribution in [-0.2, 0) is 4.79 Å². The first kappa shape index (κ1) is 17.8. The summed E-state index contributed by atoms with van der Waals surface area (Å²) in [6, 6.07) is 9.60. The molecule has 1 aliphatic rings. The largest absolute Gasteiger partial charge is 0.493 e. The molecule has 1 aliphatic carbocycles. The molecule has 0 bridgehead atoms. The van der Waals surface area contributed by atoms with Gasteiger partial charge in [-0.25, -0.2) is 4.98 Å². The summed E-state index contributed by atoms with van der Waals surface area (Å²) in [7, 11) is 1.55. The van der Waals surface area contributed by atoms with Gasteiger partial charge in [-0.2, -0.15) is 0 Å². The lowest BCUT2D eigenvalue weighted by Crippen LogP contribution is -2.43. The summed E-state index contributed by atoms with van der Waals surface area (Å²) in [4.78, 5) is 28.7. The summed E-state index contributed by atoms with van der Waals surface area (Å²) < 4.78 is 10.9. The summed E-state index contributed by atoms with van der Waals surface area (Å²) in [5.74, 6) is 0.760. The zero-order valence-corrected chi connectivity index (χ0v) is 14.8. The Morgan fingerprint density at radius 3 is 2.69 bits per heavy atom. The van der Waals surface area contributed by atoms with Gasteiger partial charge in [0.1, 0.15) is 6.04 Å². The van der Waals surface area contributed by atoms with Gasteiger partial charge in [0.15, 0.2) is 17.3 Å². The predicted octanol–water partition coefficient (Wildman–Crippen LogP) is 2.88. The van der Waals surface area contributed by atoms with Crippen molar-refractivity contribution in [2.24, 2.45) is 0 Å². The fourth-order valence-electron chi connectivity index (χ4n) is 2.40. The molecule has 1 aromatic heterocycles. The summed E-state index contributed by atoms with van der Waals surface area (Å²) in [6.07, 6.45) is 5.24. The molecular weight excluding hydrogens is 352 g/mol. The van der Waals surface area contributed by atoms with Crippen molar-refractivity contribution in [3.8, 4) is 17.4 Å². The maximum Gasteiger partial charge on any atom is 0.253 e. The van der Waals surface area contributed by atoms with Gasteiger partial charge in [-0.1, -0.05) is 36.5 Å². The number of para-hydroxylation sites is 2. The molecule has 0 radical (unpaired) electrons. The van der Waals surface area contributed by atoms with Crippen LogP contribution in [0.2, 0.25) is 0 Å². The van der Waals surface area contributed by atoms with Crippen molar-refractivity contribution in [2.45, 2.75) is 12.5 Å². The summed E-state index contributed by atoms with van der Waals surface area (Å²) >= 11 is 4.98. The fourth-order valence-corrected chi connectivity index (χ4v) is 2.62. The number of ketones is 1. The molecule has 1 heterocycles. The van der Waals surface area contributed by atoms with Crippen molar-refractivity contribution >= 4 is 28.8 Å². The van der Waals surface area contributed by atoms with E-state index >= 15 is 0 Å². The lowest BCUT2D eigenvalue weighted by Gasteiger charge is -2.17. The van der Waals surface area contributed by atoms with E-state index in [1.54, 1.807) is 43.5 Å². The lowest BCUT2D eigenvalue weighted by molar-refractivity contribution is -0.113. The van der Waals surface area contributed by atoms with Gasteiger partial charge in [-0.05, 0) is 18.2 Å². The number of pyridine rings is 1. The third kappa shape index (κ3) is 3.94. The Morgan fingerprint density at radius 2 is 2.00 bits per heavy atom. The number of aromatic nitrogens is 1. The van der Waals surface area contributed by atoms with E-state index in [1.807, 2.05) is 12.1 Å². The van der Waals surface area contributed by atoms with Crippen molar-refractivity contribution in [3.63, 3.8) is 0 Å². The van der Waals surface area contributed by atoms with Crippen LogP contribution in [0.4, 0.5) is 0 Å². The van der Waals surface area contributed by atoms with Gasteiger partial charge in [-0.3, -0.25) is 9.59 Å². The summed E-state index contributed by atoms with van der Waals surface area (Å²) in [5, 5.41) is 2.64. The van der Waals surface area contributed by atoms with Crippen molar-refractivity contribution in [1.82, 2.24) is 10.3 Å². The molecule has 0 saturated heterocycles. The highest BCUT2D eigenvalue weighted by molar-refractivity contribution is 7.82. The molecule has 0 fully saturated rings. The maximum absolute atomic E-state index is 12.3. The van der Waals surface area contributed by atoms with Gasteiger partial charge in [0.2, 0.25) is 5.88 Å². The van der Waals surface area contributed by atoms with Crippen molar-refractivity contribution < 1.29 is 19.1 Å². The summed E-state index contributed by atoms with van der Waals surface area (Å²) in [6.45, 7) is 0. The Balaban J connectivity index is 1.68. The van der Waals surface area contributed by atoms with Crippen LogP contribution in [-0.4, -0.2) is 34.7 Å². The number of amides is 1. The smallest absolute Gasteiger partial charge is 0.253 e. The molecule has 132 valence electrons. The summed E-state index contributed by atoms with van der Waals surface area (Å²) in [5.41, 5.74) is 0.315. The van der Waals surface area contributed by atoms with E-state index in [2.05, 4.69) is 10.3 Å². The Labute approximate surface area is 155 Å². The highest BCUT2D eigenvalue weighted by Gasteiger charge is 2.24. The Kier molecular flexibility index (Phi) is 5.38. The third-order valence-corrected chi connectivity index (χ3v) is 4.13. The van der Waals surface area contributed by atoms with Crippen molar-refractivity contribution in [1.29, 1.82) is 0 Å². The van der Waals surface area contributed by atoms with Gasteiger partial charge < -0.3 is 14.8 Å². The number of ether oxygens (including phenoxy) is 2. The molecule has 1 amide bonds. The molecule has 0 saturated carbocycles. The Morgan fingerprint density at radius 1 is 1.23 bits per heavy atom. The van der Waals surface area contributed by atoms with Gasteiger partial charge in [-0.15, -0.1) is 0 Å². The first-order chi connectivity index (χ1) is 12.6. The Bertz CT molecular complexity index is 877. The molecule has 3 rings (SSSR count). The minimum absolute atomic E-state index is 0.250. The normalized spacial score (nSPS) is 16.3. The third-order valence-electron chi connectivity index (χ3n) is 3.76. The van der Waals surface area contributed by atoms with E-state index < -0.39 is 11.9 Å². The van der Waals surface area contributed by atoms with E-state index in [1.165, 1.54) is 6.20 Å². The number of allylic oxidation sites excluding steroid dienone is 1. The van der Waals surface area contributed by atoms with Crippen LogP contribution < -0.4 is 14.8 Å². The molecule has 0 aliphatic heterocycles. The Hall–Kier alpha value is -3.06. The zero-order valence-electron chi connectivity index (χ0n) is 14.0. The molecule has 1 aromatic carbocycles. The number of nitrogens with one attached hydrogen (secondary N) is 1. The number of carbonyl (C=O) groups is 2. The molecule has 0 spiro atoms. The fraction of sp³-hybridized carbons (Fsp3) is 0.158. The first-order valence-electron chi connectivity index (χ1n) is 7.90. The maximum atomic E-state index is 12.3. The van der Waals surface area contributed by atoms with Gasteiger partial charge in [0.25, 0.3) is 5.91 Å². The molecule has 1 unspecified atom stereocenters. The monoisotopic (exact) mass is 368 g/mol. The van der Waals surface area contributed by atoms with Crippen LogP contribution in [0.25, 0.3) is 0 Å².